The van der Waals surface area contributed by atoms with Crippen molar-refractivity contribution in [2.45, 2.75) is 19.4 Å². The fourth-order valence-corrected chi connectivity index (χ4v) is 4.94. The van der Waals surface area contributed by atoms with E-state index in [9.17, 15) is 18.4 Å². The second kappa shape index (κ2) is 8.55. The number of carbonyl (C=O) groups excluding carboxylic acids is 2. The minimum Gasteiger partial charge on any atom is -0.370 e. The van der Waals surface area contributed by atoms with Crippen molar-refractivity contribution >= 4 is 23.4 Å². The molecular formula is C23H24ClF2N3O2. The molecule has 2 aromatic rings. The molecule has 0 spiro atoms. The zero-order valence-corrected chi connectivity index (χ0v) is 17.9. The summed E-state index contributed by atoms with van der Waals surface area (Å²) in [5.41, 5.74) is 7.31. The van der Waals surface area contributed by atoms with Gasteiger partial charge in [-0.15, -0.1) is 0 Å². The van der Waals surface area contributed by atoms with Crippen LogP contribution in [0, 0.1) is 30.4 Å². The predicted molar refractivity (Wildman–Crippen MR) is 114 cm³/mol. The molecule has 3 unspecified atom stereocenters. The number of benzene rings is 2. The van der Waals surface area contributed by atoms with Crippen LogP contribution in [-0.2, 0) is 4.79 Å². The van der Waals surface area contributed by atoms with Gasteiger partial charge >= 0.3 is 0 Å². The standard InChI is InChI=1S/C23H24ClF2N3O2/c1-13-2-3-14(6-19(13)24)21(8-22(27)30)28-9-15-11-29(12-16(15)10-28)23(31)18-5-4-17(25)7-20(18)26/h2-7,15-16,21H,8-12H2,1H3,(H2,27,30). The molecule has 164 valence electrons. The highest BCUT2D eigenvalue weighted by Gasteiger charge is 2.44. The van der Waals surface area contributed by atoms with E-state index in [1.807, 2.05) is 25.1 Å². The molecule has 2 heterocycles. The van der Waals surface area contributed by atoms with Crippen LogP contribution in [0.15, 0.2) is 36.4 Å². The average Bonchev–Trinajstić information content (AvgIpc) is 3.27. The summed E-state index contributed by atoms with van der Waals surface area (Å²) in [5.74, 6) is -1.94. The van der Waals surface area contributed by atoms with E-state index in [0.717, 1.165) is 23.3 Å². The number of hydrogen-bond donors (Lipinski definition) is 1. The van der Waals surface area contributed by atoms with Crippen molar-refractivity contribution in [1.29, 1.82) is 0 Å². The third kappa shape index (κ3) is 4.43. The molecule has 2 fully saturated rings. The zero-order valence-electron chi connectivity index (χ0n) is 17.2. The highest BCUT2D eigenvalue weighted by Crippen LogP contribution is 2.38. The number of likely N-dealkylation sites (tertiary alicyclic amines) is 2. The maximum Gasteiger partial charge on any atom is 0.256 e. The fraction of sp³-hybridized carbons (Fsp3) is 0.391. The van der Waals surface area contributed by atoms with Gasteiger partial charge in [0.25, 0.3) is 5.91 Å². The maximum absolute atomic E-state index is 14.0. The van der Waals surface area contributed by atoms with Gasteiger partial charge < -0.3 is 10.6 Å². The lowest BCUT2D eigenvalue weighted by molar-refractivity contribution is -0.119. The van der Waals surface area contributed by atoms with Gasteiger partial charge in [0, 0.05) is 49.7 Å². The lowest BCUT2D eigenvalue weighted by Gasteiger charge is -2.29. The molecule has 4 rings (SSSR count). The predicted octanol–water partition coefficient (Wildman–Crippen LogP) is 3.55. The van der Waals surface area contributed by atoms with E-state index in [2.05, 4.69) is 4.90 Å². The molecule has 31 heavy (non-hydrogen) atoms. The van der Waals surface area contributed by atoms with Crippen LogP contribution in [-0.4, -0.2) is 47.8 Å². The van der Waals surface area contributed by atoms with Gasteiger partial charge in [-0.05, 0) is 48.1 Å². The largest absolute Gasteiger partial charge is 0.370 e. The van der Waals surface area contributed by atoms with Crippen molar-refractivity contribution in [2.75, 3.05) is 26.2 Å². The van der Waals surface area contributed by atoms with Crippen LogP contribution in [0.4, 0.5) is 8.78 Å². The van der Waals surface area contributed by atoms with E-state index in [1.165, 1.54) is 6.07 Å². The molecule has 2 saturated heterocycles. The molecular weight excluding hydrogens is 424 g/mol. The highest BCUT2D eigenvalue weighted by molar-refractivity contribution is 6.31. The summed E-state index contributed by atoms with van der Waals surface area (Å²) in [6, 6.07) is 8.61. The van der Waals surface area contributed by atoms with Crippen LogP contribution in [0.3, 0.4) is 0 Å². The van der Waals surface area contributed by atoms with E-state index in [4.69, 9.17) is 17.3 Å². The summed E-state index contributed by atoms with van der Waals surface area (Å²) in [5, 5.41) is 0.643. The first kappa shape index (κ1) is 21.7. The van der Waals surface area contributed by atoms with E-state index in [0.29, 0.717) is 31.2 Å². The molecule has 5 nitrogen and oxygen atoms in total. The fourth-order valence-electron chi connectivity index (χ4n) is 4.75. The van der Waals surface area contributed by atoms with Gasteiger partial charge in [0.15, 0.2) is 0 Å². The first-order valence-electron chi connectivity index (χ1n) is 10.3. The lowest BCUT2D eigenvalue weighted by Crippen LogP contribution is -2.36. The monoisotopic (exact) mass is 447 g/mol. The Morgan fingerprint density at radius 1 is 1.10 bits per heavy atom. The van der Waals surface area contributed by atoms with Crippen LogP contribution < -0.4 is 5.73 Å². The van der Waals surface area contributed by atoms with E-state index >= 15 is 0 Å². The highest BCUT2D eigenvalue weighted by atomic mass is 35.5. The normalized spacial score (nSPS) is 21.9. The Morgan fingerprint density at radius 2 is 1.77 bits per heavy atom. The van der Waals surface area contributed by atoms with Gasteiger partial charge in [0.2, 0.25) is 5.91 Å². The van der Waals surface area contributed by atoms with Gasteiger partial charge in [0.1, 0.15) is 11.6 Å². The number of fused-ring (bicyclic) bond motifs is 1. The SMILES string of the molecule is Cc1ccc(C(CC(N)=O)N2CC3CN(C(=O)c4ccc(F)cc4F)CC3C2)cc1Cl. The van der Waals surface area contributed by atoms with Crippen LogP contribution >= 0.6 is 11.6 Å². The molecule has 3 atom stereocenters. The number of nitrogens with zero attached hydrogens (tertiary/aromatic N) is 2. The summed E-state index contributed by atoms with van der Waals surface area (Å²) < 4.78 is 27.2. The van der Waals surface area contributed by atoms with Crippen molar-refractivity contribution in [3.63, 3.8) is 0 Å². The lowest BCUT2D eigenvalue weighted by atomic mass is 10.0. The molecule has 2 N–H and O–H groups in total. The van der Waals surface area contributed by atoms with Gasteiger partial charge in [-0.1, -0.05) is 23.7 Å². The van der Waals surface area contributed by atoms with Crippen LogP contribution in [0.1, 0.15) is 33.9 Å². The third-order valence-corrected chi connectivity index (χ3v) is 6.79. The van der Waals surface area contributed by atoms with Crippen molar-refractivity contribution < 1.29 is 18.4 Å². The summed E-state index contributed by atoms with van der Waals surface area (Å²) in [6.45, 7) is 4.31. The Labute approximate surface area is 184 Å². The second-order valence-corrected chi connectivity index (χ2v) is 8.91. The summed E-state index contributed by atoms with van der Waals surface area (Å²) >= 11 is 6.30. The van der Waals surface area contributed by atoms with Crippen molar-refractivity contribution in [2.24, 2.45) is 17.6 Å². The molecule has 0 aliphatic carbocycles. The number of primary amides is 1. The van der Waals surface area contributed by atoms with Gasteiger partial charge in [-0.3, -0.25) is 14.5 Å². The summed E-state index contributed by atoms with van der Waals surface area (Å²) in [7, 11) is 0. The first-order valence-corrected chi connectivity index (χ1v) is 10.6. The zero-order chi connectivity index (χ0) is 22.3. The number of halogens is 3. The molecule has 0 aromatic heterocycles. The van der Waals surface area contributed by atoms with Crippen molar-refractivity contribution in [3.8, 4) is 0 Å². The van der Waals surface area contributed by atoms with E-state index in [1.54, 1.807) is 4.90 Å². The third-order valence-electron chi connectivity index (χ3n) is 6.38. The number of amides is 2. The Morgan fingerprint density at radius 3 is 2.35 bits per heavy atom. The van der Waals surface area contributed by atoms with Crippen LogP contribution in [0.5, 0.6) is 0 Å². The molecule has 2 aliphatic rings. The average molecular weight is 448 g/mol. The Kier molecular flexibility index (Phi) is 5.99. The van der Waals surface area contributed by atoms with Crippen molar-refractivity contribution in [3.05, 3.63) is 69.7 Å². The maximum atomic E-state index is 14.0. The summed E-state index contributed by atoms with van der Waals surface area (Å²) in [6.07, 6.45) is 0.183. The topological polar surface area (TPSA) is 66.6 Å². The number of rotatable bonds is 5. The smallest absolute Gasteiger partial charge is 0.256 e. The number of aryl methyl sites for hydroxylation is 1. The van der Waals surface area contributed by atoms with Gasteiger partial charge in [-0.2, -0.15) is 0 Å². The molecule has 8 heteroatoms. The minimum atomic E-state index is -0.846. The molecule has 2 amide bonds. The molecule has 0 saturated carbocycles. The Bertz CT molecular complexity index is 1020. The Balaban J connectivity index is 1.47. The van der Waals surface area contributed by atoms with Gasteiger partial charge in [0.05, 0.1) is 5.56 Å². The van der Waals surface area contributed by atoms with Crippen molar-refractivity contribution in [1.82, 2.24) is 9.80 Å². The molecule has 0 bridgehead atoms. The number of nitrogens with two attached hydrogens (primary N) is 1. The summed E-state index contributed by atoms with van der Waals surface area (Å²) in [4.78, 5) is 28.3. The quantitative estimate of drug-likeness (QED) is 0.762. The molecule has 0 radical (unpaired) electrons. The van der Waals surface area contributed by atoms with E-state index in [-0.39, 0.29) is 35.8 Å². The molecule has 2 aliphatic heterocycles. The number of carbonyl (C=O) groups is 2. The number of hydrogen-bond acceptors (Lipinski definition) is 3. The van der Waals surface area contributed by atoms with Crippen LogP contribution in [0.2, 0.25) is 5.02 Å². The van der Waals surface area contributed by atoms with Gasteiger partial charge in [-0.25, -0.2) is 8.78 Å². The molecule has 2 aromatic carbocycles. The second-order valence-electron chi connectivity index (χ2n) is 8.50. The van der Waals surface area contributed by atoms with E-state index < -0.39 is 17.5 Å². The first-order chi connectivity index (χ1) is 14.7. The minimum absolute atomic E-state index is 0.112. The Hall–Kier alpha value is -2.51. The van der Waals surface area contributed by atoms with Crippen LogP contribution in [0.25, 0.3) is 0 Å².